The Morgan fingerprint density at radius 3 is 3.08 bits per heavy atom. The lowest BCUT2D eigenvalue weighted by atomic mass is 10.0. The summed E-state index contributed by atoms with van der Waals surface area (Å²) in [6.45, 7) is 2.54. The van der Waals surface area contributed by atoms with Gasteiger partial charge in [0.1, 0.15) is 12.4 Å². The van der Waals surface area contributed by atoms with Crippen LogP contribution in [0.1, 0.15) is 17.2 Å². The van der Waals surface area contributed by atoms with E-state index in [9.17, 15) is 5.11 Å². The van der Waals surface area contributed by atoms with Crippen LogP contribution in [-0.4, -0.2) is 16.5 Å². The first-order valence-electron chi connectivity index (χ1n) is 4.24. The van der Waals surface area contributed by atoms with E-state index in [0.29, 0.717) is 6.61 Å². The minimum Gasteiger partial charge on any atom is -0.492 e. The van der Waals surface area contributed by atoms with E-state index in [2.05, 4.69) is 15.9 Å². The van der Waals surface area contributed by atoms with E-state index in [0.717, 1.165) is 16.9 Å². The van der Waals surface area contributed by atoms with Gasteiger partial charge in [0.2, 0.25) is 0 Å². The van der Waals surface area contributed by atoms with Crippen LogP contribution in [0.4, 0.5) is 0 Å². The fraction of sp³-hybridized carbons (Fsp3) is 0.400. The van der Waals surface area contributed by atoms with Crippen LogP contribution in [0.25, 0.3) is 0 Å². The summed E-state index contributed by atoms with van der Waals surface area (Å²) in [5, 5.41) is 9.79. The van der Waals surface area contributed by atoms with Crippen molar-refractivity contribution < 1.29 is 9.84 Å². The molecule has 2 rings (SSSR count). The Labute approximate surface area is 85.7 Å². The van der Waals surface area contributed by atoms with E-state index in [1.807, 2.05) is 25.1 Å². The number of ether oxygens (including phenoxy) is 1. The molecule has 3 heteroatoms. The van der Waals surface area contributed by atoms with E-state index in [1.165, 1.54) is 0 Å². The zero-order valence-electron chi connectivity index (χ0n) is 7.33. The normalized spacial score (nSPS) is 26.4. The van der Waals surface area contributed by atoms with Crippen molar-refractivity contribution in [2.24, 2.45) is 0 Å². The Bertz CT molecular complexity index is 325. The monoisotopic (exact) mass is 242 g/mol. The van der Waals surface area contributed by atoms with E-state index in [-0.39, 0.29) is 4.83 Å². The van der Waals surface area contributed by atoms with Gasteiger partial charge in [0, 0.05) is 5.56 Å². The van der Waals surface area contributed by atoms with Crippen LogP contribution in [0, 0.1) is 6.92 Å². The van der Waals surface area contributed by atoms with Gasteiger partial charge in [0.25, 0.3) is 0 Å². The molecule has 0 fully saturated rings. The van der Waals surface area contributed by atoms with Crippen molar-refractivity contribution in [2.45, 2.75) is 17.9 Å². The van der Waals surface area contributed by atoms with Crippen molar-refractivity contribution in [3.63, 3.8) is 0 Å². The van der Waals surface area contributed by atoms with Crippen molar-refractivity contribution in [1.82, 2.24) is 0 Å². The molecule has 0 bridgehead atoms. The average Bonchev–Trinajstić information content (AvgIpc) is 2.12. The summed E-state index contributed by atoms with van der Waals surface area (Å²) >= 11 is 3.37. The van der Waals surface area contributed by atoms with Crippen LogP contribution in [0.3, 0.4) is 0 Å². The quantitative estimate of drug-likeness (QED) is 0.707. The molecule has 0 saturated carbocycles. The Kier molecular flexibility index (Phi) is 2.30. The predicted molar refractivity (Wildman–Crippen MR) is 54.3 cm³/mol. The molecule has 1 aromatic carbocycles. The highest BCUT2D eigenvalue weighted by molar-refractivity contribution is 9.09. The van der Waals surface area contributed by atoms with Crippen LogP contribution >= 0.6 is 15.9 Å². The van der Waals surface area contributed by atoms with Crippen LogP contribution in [-0.2, 0) is 0 Å². The smallest absolute Gasteiger partial charge is 0.125 e. The number of alkyl halides is 1. The maximum Gasteiger partial charge on any atom is 0.125 e. The number of halogens is 1. The van der Waals surface area contributed by atoms with Gasteiger partial charge in [-0.25, -0.2) is 0 Å². The third kappa shape index (κ3) is 1.58. The van der Waals surface area contributed by atoms with Gasteiger partial charge in [-0.15, -0.1) is 0 Å². The van der Waals surface area contributed by atoms with E-state index < -0.39 is 6.10 Å². The van der Waals surface area contributed by atoms with Crippen molar-refractivity contribution in [1.29, 1.82) is 0 Å². The number of fused-ring (bicyclic) bond motifs is 1. The summed E-state index contributed by atoms with van der Waals surface area (Å²) in [4.78, 5) is 0.00251. The van der Waals surface area contributed by atoms with Crippen molar-refractivity contribution in [2.75, 3.05) is 6.61 Å². The zero-order valence-corrected chi connectivity index (χ0v) is 8.91. The second kappa shape index (κ2) is 3.31. The Morgan fingerprint density at radius 2 is 2.31 bits per heavy atom. The zero-order chi connectivity index (χ0) is 9.42. The summed E-state index contributed by atoms with van der Waals surface area (Å²) in [5.74, 6) is 0.809. The lowest BCUT2D eigenvalue weighted by Gasteiger charge is -2.26. The number of aryl methyl sites for hydroxylation is 1. The topological polar surface area (TPSA) is 29.5 Å². The second-order valence-corrected chi connectivity index (χ2v) is 4.49. The fourth-order valence-corrected chi connectivity index (χ4v) is 1.88. The molecule has 0 aromatic heterocycles. The fourth-order valence-electron chi connectivity index (χ4n) is 1.47. The molecule has 0 radical (unpaired) electrons. The summed E-state index contributed by atoms with van der Waals surface area (Å²) in [7, 11) is 0. The largest absolute Gasteiger partial charge is 0.492 e. The molecular weight excluding hydrogens is 232 g/mol. The third-order valence-electron chi connectivity index (χ3n) is 2.23. The van der Waals surface area contributed by atoms with E-state index >= 15 is 0 Å². The summed E-state index contributed by atoms with van der Waals surface area (Å²) in [6.07, 6.45) is -0.454. The van der Waals surface area contributed by atoms with Crippen LogP contribution < -0.4 is 4.74 Å². The van der Waals surface area contributed by atoms with Crippen LogP contribution in [0.2, 0.25) is 0 Å². The second-order valence-electron chi connectivity index (χ2n) is 3.31. The minimum absolute atomic E-state index is 0.00251. The lowest BCUT2D eigenvalue weighted by Crippen LogP contribution is -2.25. The van der Waals surface area contributed by atoms with Gasteiger partial charge in [0.15, 0.2) is 0 Å². The molecule has 0 amide bonds. The summed E-state index contributed by atoms with van der Waals surface area (Å²) < 4.78 is 5.48. The van der Waals surface area contributed by atoms with Gasteiger partial charge in [-0.05, 0) is 18.6 Å². The SMILES string of the molecule is Cc1ccc2c(c1)OCC(Br)C2O. The highest BCUT2D eigenvalue weighted by atomic mass is 79.9. The number of aliphatic hydroxyl groups is 1. The first kappa shape index (κ1) is 9.03. The number of benzene rings is 1. The maximum atomic E-state index is 9.79. The van der Waals surface area contributed by atoms with Crippen molar-refractivity contribution in [3.05, 3.63) is 29.3 Å². The van der Waals surface area contributed by atoms with Gasteiger partial charge in [-0.1, -0.05) is 28.1 Å². The number of rotatable bonds is 0. The molecule has 0 spiro atoms. The van der Waals surface area contributed by atoms with Gasteiger partial charge >= 0.3 is 0 Å². The third-order valence-corrected chi connectivity index (χ3v) is 2.99. The maximum absolute atomic E-state index is 9.79. The molecule has 13 heavy (non-hydrogen) atoms. The number of hydrogen-bond donors (Lipinski definition) is 1. The van der Waals surface area contributed by atoms with Crippen LogP contribution in [0.15, 0.2) is 18.2 Å². The molecule has 2 atom stereocenters. The first-order chi connectivity index (χ1) is 6.18. The minimum atomic E-state index is -0.454. The highest BCUT2D eigenvalue weighted by Gasteiger charge is 2.26. The van der Waals surface area contributed by atoms with Gasteiger partial charge in [0.05, 0.1) is 10.9 Å². The molecule has 1 aromatic rings. The number of hydrogen-bond acceptors (Lipinski definition) is 2. The predicted octanol–water partition coefficient (Wildman–Crippen LogP) is 2.18. The lowest BCUT2D eigenvalue weighted by molar-refractivity contribution is 0.125. The Morgan fingerprint density at radius 1 is 1.54 bits per heavy atom. The van der Waals surface area contributed by atoms with E-state index in [1.54, 1.807) is 0 Å². The van der Waals surface area contributed by atoms with Crippen LogP contribution in [0.5, 0.6) is 5.75 Å². The highest BCUT2D eigenvalue weighted by Crippen LogP contribution is 2.35. The average molecular weight is 243 g/mol. The molecule has 2 nitrogen and oxygen atoms in total. The molecule has 1 aliphatic rings. The standard InChI is InChI=1S/C10H11BrO2/c1-6-2-3-7-9(4-6)13-5-8(11)10(7)12/h2-4,8,10,12H,5H2,1H3. The first-order valence-corrected chi connectivity index (χ1v) is 5.15. The number of aliphatic hydroxyl groups excluding tert-OH is 1. The molecular formula is C10H11BrO2. The summed E-state index contributed by atoms with van der Waals surface area (Å²) in [6, 6.07) is 5.86. The molecule has 0 aliphatic carbocycles. The summed E-state index contributed by atoms with van der Waals surface area (Å²) in [5.41, 5.74) is 2.03. The molecule has 1 heterocycles. The van der Waals surface area contributed by atoms with E-state index in [4.69, 9.17) is 4.74 Å². The van der Waals surface area contributed by atoms with Crippen molar-refractivity contribution >= 4 is 15.9 Å². The molecule has 1 N–H and O–H groups in total. The Hall–Kier alpha value is -0.540. The van der Waals surface area contributed by atoms with Gasteiger partial charge < -0.3 is 9.84 Å². The van der Waals surface area contributed by atoms with Gasteiger partial charge in [-0.2, -0.15) is 0 Å². The molecule has 1 aliphatic heterocycles. The van der Waals surface area contributed by atoms with Gasteiger partial charge in [-0.3, -0.25) is 0 Å². The Balaban J connectivity index is 2.44. The molecule has 70 valence electrons. The molecule has 0 saturated heterocycles. The molecule has 2 unspecified atom stereocenters. The van der Waals surface area contributed by atoms with Crippen molar-refractivity contribution in [3.8, 4) is 5.75 Å².